The molecule has 0 aliphatic carbocycles. The third kappa shape index (κ3) is 3.02. The normalized spacial score (nSPS) is 27.9. The van der Waals surface area contributed by atoms with Gasteiger partial charge in [0.25, 0.3) is 5.89 Å². The predicted octanol–water partition coefficient (Wildman–Crippen LogP) is 2.56. The molecule has 3 aliphatic heterocycles. The van der Waals surface area contributed by atoms with E-state index in [1.54, 1.807) is 13.3 Å². The molecule has 3 aliphatic rings. The summed E-state index contributed by atoms with van der Waals surface area (Å²) in [6, 6.07) is 8.04. The number of hydrogen-bond acceptors (Lipinski definition) is 5. The summed E-state index contributed by atoms with van der Waals surface area (Å²) in [6.07, 6.45) is 3.88. The molecular weight excluding hydrogens is 318 g/mol. The number of hydrogen-bond donors (Lipinski definition) is 1. The highest BCUT2D eigenvalue weighted by molar-refractivity contribution is 5.90. The van der Waals surface area contributed by atoms with Gasteiger partial charge in [-0.2, -0.15) is 0 Å². The van der Waals surface area contributed by atoms with E-state index in [0.717, 1.165) is 37.2 Å². The Bertz CT molecular complexity index is 763. The van der Waals surface area contributed by atoms with Gasteiger partial charge in [0.15, 0.2) is 5.76 Å². The van der Waals surface area contributed by atoms with Crippen LogP contribution in [0.25, 0.3) is 11.3 Å². The Morgan fingerprint density at radius 3 is 2.88 bits per heavy atom. The molecule has 25 heavy (non-hydrogen) atoms. The molecule has 2 bridgehead atoms. The monoisotopic (exact) mass is 341 g/mol. The lowest BCUT2D eigenvalue weighted by Crippen LogP contribution is -2.62. The molecule has 3 fully saturated rings. The van der Waals surface area contributed by atoms with Gasteiger partial charge in [0, 0.05) is 17.6 Å². The van der Waals surface area contributed by atoms with E-state index in [9.17, 15) is 4.79 Å². The lowest BCUT2D eigenvalue weighted by atomic mass is 9.79. The molecule has 6 heteroatoms. The maximum absolute atomic E-state index is 12.6. The average Bonchev–Trinajstić information content (AvgIpc) is 3.15. The SMILES string of the molecule is COc1cccc(-c2cnc(C(=O)N[C@@H]3C4CCN(CC4)[C@H]3C)o2)c1. The van der Waals surface area contributed by atoms with Crippen molar-refractivity contribution in [2.24, 2.45) is 5.92 Å². The van der Waals surface area contributed by atoms with E-state index in [4.69, 9.17) is 9.15 Å². The molecule has 1 N–H and O–H groups in total. The first kappa shape index (κ1) is 16.1. The Hall–Kier alpha value is -2.34. The number of carbonyl (C=O) groups is 1. The second-order valence-electron chi connectivity index (χ2n) is 6.87. The Morgan fingerprint density at radius 2 is 2.16 bits per heavy atom. The number of methoxy groups -OCH3 is 1. The number of aromatic nitrogens is 1. The molecule has 5 rings (SSSR count). The molecule has 0 saturated carbocycles. The third-order valence-electron chi connectivity index (χ3n) is 5.53. The van der Waals surface area contributed by atoms with Gasteiger partial charge in [0.2, 0.25) is 0 Å². The zero-order valence-corrected chi connectivity index (χ0v) is 14.6. The topological polar surface area (TPSA) is 67.6 Å². The summed E-state index contributed by atoms with van der Waals surface area (Å²) >= 11 is 0. The summed E-state index contributed by atoms with van der Waals surface area (Å²) in [4.78, 5) is 19.2. The fourth-order valence-corrected chi connectivity index (χ4v) is 4.05. The zero-order chi connectivity index (χ0) is 17.4. The van der Waals surface area contributed by atoms with Crippen LogP contribution >= 0.6 is 0 Å². The Balaban J connectivity index is 1.49. The second kappa shape index (κ2) is 6.52. The van der Waals surface area contributed by atoms with E-state index >= 15 is 0 Å². The van der Waals surface area contributed by atoms with Crippen molar-refractivity contribution in [3.8, 4) is 17.1 Å². The summed E-state index contributed by atoms with van der Waals surface area (Å²) < 4.78 is 10.9. The van der Waals surface area contributed by atoms with Gasteiger partial charge in [0.05, 0.1) is 13.3 Å². The highest BCUT2D eigenvalue weighted by Gasteiger charge is 2.40. The van der Waals surface area contributed by atoms with Crippen LogP contribution in [0.15, 0.2) is 34.9 Å². The van der Waals surface area contributed by atoms with Crippen LogP contribution < -0.4 is 10.1 Å². The molecule has 2 atom stereocenters. The third-order valence-corrected chi connectivity index (χ3v) is 5.53. The molecule has 132 valence electrons. The molecule has 0 spiro atoms. The van der Waals surface area contributed by atoms with E-state index in [2.05, 4.69) is 22.1 Å². The molecule has 3 saturated heterocycles. The first-order chi connectivity index (χ1) is 12.2. The number of rotatable bonds is 4. The quantitative estimate of drug-likeness (QED) is 0.926. The number of ether oxygens (including phenoxy) is 1. The smallest absolute Gasteiger partial charge is 0.307 e. The average molecular weight is 341 g/mol. The number of nitrogens with one attached hydrogen (secondary N) is 1. The fourth-order valence-electron chi connectivity index (χ4n) is 4.05. The van der Waals surface area contributed by atoms with Gasteiger partial charge < -0.3 is 14.5 Å². The van der Waals surface area contributed by atoms with Gasteiger partial charge in [-0.25, -0.2) is 4.98 Å². The van der Waals surface area contributed by atoms with Crippen molar-refractivity contribution in [2.75, 3.05) is 20.2 Å². The predicted molar refractivity (Wildman–Crippen MR) is 93.5 cm³/mol. The Kier molecular flexibility index (Phi) is 4.21. The van der Waals surface area contributed by atoms with Gasteiger partial charge in [-0.1, -0.05) is 12.1 Å². The summed E-state index contributed by atoms with van der Waals surface area (Å²) in [5.41, 5.74) is 0.835. The molecule has 2 aromatic rings. The van der Waals surface area contributed by atoms with Crippen LogP contribution in [0.3, 0.4) is 0 Å². The van der Waals surface area contributed by atoms with E-state index in [1.807, 2.05) is 24.3 Å². The number of oxazole rings is 1. The van der Waals surface area contributed by atoms with E-state index in [1.165, 1.54) is 0 Å². The standard InChI is InChI=1S/C19H23N3O3/c1-12-17(13-6-8-22(12)9-7-13)21-18(23)19-20-11-16(25-19)14-4-3-5-15(10-14)24-2/h3-5,10-13,17H,6-9H2,1-2H3,(H,21,23)/t12-,17-/m0/s1. The number of nitrogens with zero attached hydrogens (tertiary/aromatic N) is 2. The van der Waals surface area contributed by atoms with Gasteiger partial charge >= 0.3 is 5.91 Å². The molecule has 1 amide bonds. The highest BCUT2D eigenvalue weighted by atomic mass is 16.5. The van der Waals surface area contributed by atoms with Crippen molar-refractivity contribution in [1.82, 2.24) is 15.2 Å². The van der Waals surface area contributed by atoms with Crippen LogP contribution in [0.1, 0.15) is 30.5 Å². The maximum atomic E-state index is 12.6. The number of amides is 1. The Labute approximate surface area is 147 Å². The second-order valence-corrected chi connectivity index (χ2v) is 6.87. The molecule has 6 nitrogen and oxygen atoms in total. The summed E-state index contributed by atoms with van der Waals surface area (Å²) in [7, 11) is 1.62. The minimum atomic E-state index is -0.236. The van der Waals surface area contributed by atoms with Crippen molar-refractivity contribution in [3.63, 3.8) is 0 Å². The van der Waals surface area contributed by atoms with Gasteiger partial charge in [-0.3, -0.25) is 9.69 Å². The van der Waals surface area contributed by atoms with E-state index in [-0.39, 0.29) is 17.8 Å². The van der Waals surface area contributed by atoms with Crippen molar-refractivity contribution in [2.45, 2.75) is 31.8 Å². The zero-order valence-electron chi connectivity index (χ0n) is 14.6. The molecular formula is C19H23N3O3. The van der Waals surface area contributed by atoms with Crippen molar-refractivity contribution >= 4 is 5.91 Å². The van der Waals surface area contributed by atoms with Crippen molar-refractivity contribution in [1.29, 1.82) is 0 Å². The minimum Gasteiger partial charge on any atom is -0.497 e. The number of carbonyl (C=O) groups excluding carboxylic acids is 1. The van der Waals surface area contributed by atoms with Crippen LogP contribution in [0.2, 0.25) is 0 Å². The lowest BCUT2D eigenvalue weighted by molar-refractivity contribution is 0.0210. The van der Waals surface area contributed by atoms with E-state index < -0.39 is 0 Å². The number of piperidine rings is 3. The largest absolute Gasteiger partial charge is 0.497 e. The van der Waals surface area contributed by atoms with Crippen molar-refractivity contribution < 1.29 is 13.9 Å². The maximum Gasteiger partial charge on any atom is 0.307 e. The molecule has 0 unspecified atom stereocenters. The minimum absolute atomic E-state index is 0.112. The first-order valence-electron chi connectivity index (χ1n) is 8.81. The Morgan fingerprint density at radius 1 is 1.36 bits per heavy atom. The molecule has 4 heterocycles. The number of fused-ring (bicyclic) bond motifs is 3. The summed E-state index contributed by atoms with van der Waals surface area (Å²) in [6.45, 7) is 4.46. The van der Waals surface area contributed by atoms with Crippen LogP contribution in [-0.4, -0.2) is 48.1 Å². The van der Waals surface area contributed by atoms with Crippen LogP contribution in [-0.2, 0) is 0 Å². The molecule has 0 radical (unpaired) electrons. The van der Waals surface area contributed by atoms with Gasteiger partial charge in [-0.15, -0.1) is 0 Å². The summed E-state index contributed by atoms with van der Waals surface area (Å²) in [5, 5.41) is 3.14. The number of benzene rings is 1. The lowest BCUT2D eigenvalue weighted by Gasteiger charge is -2.49. The fraction of sp³-hybridized carbons (Fsp3) is 0.474. The van der Waals surface area contributed by atoms with Crippen LogP contribution in [0.5, 0.6) is 5.75 Å². The van der Waals surface area contributed by atoms with Crippen LogP contribution in [0.4, 0.5) is 0 Å². The van der Waals surface area contributed by atoms with Crippen LogP contribution in [0, 0.1) is 5.92 Å². The van der Waals surface area contributed by atoms with Gasteiger partial charge in [0.1, 0.15) is 5.75 Å². The van der Waals surface area contributed by atoms with Gasteiger partial charge in [-0.05, 0) is 50.9 Å². The molecule has 1 aromatic heterocycles. The summed E-state index contributed by atoms with van der Waals surface area (Å²) in [5.74, 6) is 1.73. The van der Waals surface area contributed by atoms with Crippen molar-refractivity contribution in [3.05, 3.63) is 36.4 Å². The molecule has 1 aromatic carbocycles. The van der Waals surface area contributed by atoms with E-state index in [0.29, 0.717) is 17.7 Å². The highest BCUT2D eigenvalue weighted by Crippen LogP contribution is 2.32. The first-order valence-corrected chi connectivity index (χ1v) is 8.81.